The third-order valence-corrected chi connectivity index (χ3v) is 5.00. The Balaban J connectivity index is 2.14. The van der Waals surface area contributed by atoms with Gasteiger partial charge in [-0.05, 0) is 49.3 Å². The molecular weight excluding hydrogens is 376 g/mol. The average molecular weight is 419 g/mol. The first kappa shape index (κ1) is 26.1. The molecule has 0 fully saturated rings. The molecule has 0 unspecified atom stereocenters. The van der Waals surface area contributed by atoms with Crippen molar-refractivity contribution in [2.45, 2.75) is 84.8 Å². The molecule has 1 atom stereocenters. The lowest BCUT2D eigenvalue weighted by Crippen LogP contribution is -2.41. The first-order valence-electron chi connectivity index (χ1n) is 11.4. The van der Waals surface area contributed by atoms with Crippen LogP contribution in [0.1, 0.15) is 82.1 Å². The van der Waals surface area contributed by atoms with Gasteiger partial charge in [-0.3, -0.25) is 9.59 Å². The maximum absolute atomic E-state index is 12.2. The predicted octanol–water partition coefficient (Wildman–Crippen LogP) is 3.35. The molecule has 0 bridgehead atoms. The van der Waals surface area contributed by atoms with Crippen LogP contribution in [0.2, 0.25) is 0 Å². The van der Waals surface area contributed by atoms with Gasteiger partial charge in [-0.15, -0.1) is 0 Å². The highest BCUT2D eigenvalue weighted by atomic mass is 16.2. The summed E-state index contributed by atoms with van der Waals surface area (Å²) < 4.78 is 0. The Hall–Kier alpha value is -1.92. The van der Waals surface area contributed by atoms with Crippen molar-refractivity contribution in [2.24, 2.45) is 11.7 Å². The Labute approximate surface area is 182 Å². The number of carbonyl (C=O) groups is 2. The highest BCUT2D eigenvalue weighted by Crippen LogP contribution is 2.06. The molecule has 0 aliphatic rings. The van der Waals surface area contributed by atoms with Crippen LogP contribution in [0, 0.1) is 5.92 Å². The maximum Gasteiger partial charge on any atom is 0.251 e. The van der Waals surface area contributed by atoms with E-state index in [1.165, 1.54) is 6.42 Å². The van der Waals surface area contributed by atoms with Gasteiger partial charge >= 0.3 is 0 Å². The molecule has 6 nitrogen and oxygen atoms in total. The number of nitrogens with one attached hydrogen (secondary N) is 3. The third kappa shape index (κ3) is 11.9. The zero-order valence-corrected chi connectivity index (χ0v) is 19.3. The molecule has 0 heterocycles. The van der Waals surface area contributed by atoms with E-state index >= 15 is 0 Å². The van der Waals surface area contributed by atoms with Crippen molar-refractivity contribution < 1.29 is 9.59 Å². The SMILES string of the molecule is CC(C)CCCCNC(=O)[C@H](N)CCCCNC(=O)c1ccc(CNC(C)C)cc1. The van der Waals surface area contributed by atoms with Crippen LogP contribution in [0.3, 0.4) is 0 Å². The molecule has 30 heavy (non-hydrogen) atoms. The van der Waals surface area contributed by atoms with E-state index < -0.39 is 6.04 Å². The Morgan fingerprint density at radius 3 is 2.07 bits per heavy atom. The molecule has 0 aliphatic carbocycles. The average Bonchev–Trinajstić information content (AvgIpc) is 2.71. The molecule has 0 radical (unpaired) electrons. The standard InChI is InChI=1S/C24H42N4O2/c1-18(2)9-5-7-16-27-24(30)22(25)10-6-8-15-26-23(29)21-13-11-20(12-14-21)17-28-19(3)4/h11-14,18-19,22,28H,5-10,15-17,25H2,1-4H3,(H,26,29)(H,27,30)/t22-/m1/s1. The molecule has 1 aromatic rings. The molecule has 5 N–H and O–H groups in total. The minimum absolute atomic E-state index is 0.0678. The van der Waals surface area contributed by atoms with Gasteiger partial charge in [-0.1, -0.05) is 52.7 Å². The van der Waals surface area contributed by atoms with Crippen molar-refractivity contribution in [3.63, 3.8) is 0 Å². The Morgan fingerprint density at radius 2 is 1.47 bits per heavy atom. The van der Waals surface area contributed by atoms with E-state index in [9.17, 15) is 9.59 Å². The van der Waals surface area contributed by atoms with Gasteiger partial charge in [0.25, 0.3) is 5.91 Å². The molecule has 0 saturated carbocycles. The van der Waals surface area contributed by atoms with Crippen LogP contribution in [0.25, 0.3) is 0 Å². The summed E-state index contributed by atoms with van der Waals surface area (Å²) in [6, 6.07) is 7.62. The van der Waals surface area contributed by atoms with Gasteiger partial charge in [0, 0.05) is 31.2 Å². The van der Waals surface area contributed by atoms with Crippen LogP contribution in [0.15, 0.2) is 24.3 Å². The van der Waals surface area contributed by atoms with Gasteiger partial charge in [-0.2, -0.15) is 0 Å². The number of amides is 2. The van der Waals surface area contributed by atoms with E-state index in [4.69, 9.17) is 5.73 Å². The van der Waals surface area contributed by atoms with Crippen LogP contribution in [-0.2, 0) is 11.3 Å². The quantitative estimate of drug-likeness (QED) is 0.328. The fraction of sp³-hybridized carbons (Fsp3) is 0.667. The van der Waals surface area contributed by atoms with Gasteiger partial charge in [0.2, 0.25) is 5.91 Å². The van der Waals surface area contributed by atoms with Gasteiger partial charge in [0.05, 0.1) is 6.04 Å². The number of benzene rings is 1. The molecule has 0 saturated heterocycles. The van der Waals surface area contributed by atoms with Crippen LogP contribution in [-0.4, -0.2) is 37.0 Å². The molecule has 0 aliphatic heterocycles. The number of rotatable bonds is 15. The van der Waals surface area contributed by atoms with Crippen molar-refractivity contribution in [3.05, 3.63) is 35.4 Å². The molecule has 170 valence electrons. The van der Waals surface area contributed by atoms with Crippen molar-refractivity contribution in [1.29, 1.82) is 0 Å². The normalized spacial score (nSPS) is 12.2. The minimum atomic E-state index is -0.474. The summed E-state index contributed by atoms with van der Waals surface area (Å²) in [5.41, 5.74) is 7.79. The monoisotopic (exact) mass is 418 g/mol. The lowest BCUT2D eigenvalue weighted by Gasteiger charge is -2.13. The maximum atomic E-state index is 12.2. The molecule has 1 aromatic carbocycles. The minimum Gasteiger partial charge on any atom is -0.355 e. The largest absolute Gasteiger partial charge is 0.355 e. The Morgan fingerprint density at radius 1 is 0.867 bits per heavy atom. The predicted molar refractivity (Wildman–Crippen MR) is 124 cm³/mol. The lowest BCUT2D eigenvalue weighted by atomic mass is 10.1. The van der Waals surface area contributed by atoms with E-state index in [2.05, 4.69) is 43.6 Å². The smallest absolute Gasteiger partial charge is 0.251 e. The number of hydrogen-bond acceptors (Lipinski definition) is 4. The van der Waals surface area contributed by atoms with Gasteiger partial charge in [0.1, 0.15) is 0 Å². The van der Waals surface area contributed by atoms with Crippen molar-refractivity contribution >= 4 is 11.8 Å². The van der Waals surface area contributed by atoms with Crippen LogP contribution < -0.4 is 21.7 Å². The van der Waals surface area contributed by atoms with E-state index in [-0.39, 0.29) is 11.8 Å². The molecular formula is C24H42N4O2. The van der Waals surface area contributed by atoms with Crippen LogP contribution in [0.4, 0.5) is 0 Å². The zero-order chi connectivity index (χ0) is 22.4. The first-order chi connectivity index (χ1) is 14.3. The number of carbonyl (C=O) groups excluding carboxylic acids is 2. The summed E-state index contributed by atoms with van der Waals surface area (Å²) in [5, 5.41) is 9.21. The lowest BCUT2D eigenvalue weighted by molar-refractivity contribution is -0.122. The number of nitrogens with two attached hydrogens (primary N) is 1. The molecule has 0 spiro atoms. The zero-order valence-electron chi connectivity index (χ0n) is 19.3. The van der Waals surface area contributed by atoms with E-state index in [1.54, 1.807) is 0 Å². The highest BCUT2D eigenvalue weighted by Gasteiger charge is 2.12. The molecule has 1 rings (SSSR count). The Bertz CT molecular complexity index is 614. The van der Waals surface area contributed by atoms with Crippen molar-refractivity contribution in [3.8, 4) is 0 Å². The number of hydrogen-bond donors (Lipinski definition) is 4. The summed E-state index contributed by atoms with van der Waals surface area (Å²) >= 11 is 0. The van der Waals surface area contributed by atoms with E-state index in [0.29, 0.717) is 37.0 Å². The second-order valence-electron chi connectivity index (χ2n) is 8.77. The van der Waals surface area contributed by atoms with Crippen molar-refractivity contribution in [1.82, 2.24) is 16.0 Å². The molecule has 6 heteroatoms. The number of unbranched alkanes of at least 4 members (excludes halogenated alkanes) is 2. The van der Waals surface area contributed by atoms with Crippen molar-refractivity contribution in [2.75, 3.05) is 13.1 Å². The summed E-state index contributed by atoms with van der Waals surface area (Å²) in [6.07, 6.45) is 5.56. The van der Waals surface area contributed by atoms with Crippen LogP contribution in [0.5, 0.6) is 0 Å². The summed E-state index contributed by atoms with van der Waals surface area (Å²) in [7, 11) is 0. The topological polar surface area (TPSA) is 96.2 Å². The van der Waals surface area contributed by atoms with Crippen LogP contribution >= 0.6 is 0 Å². The first-order valence-corrected chi connectivity index (χ1v) is 11.4. The molecule has 2 amide bonds. The van der Waals surface area contributed by atoms with E-state index in [0.717, 1.165) is 37.8 Å². The fourth-order valence-electron chi connectivity index (χ4n) is 3.04. The second-order valence-corrected chi connectivity index (χ2v) is 8.77. The van der Waals surface area contributed by atoms with Gasteiger partial charge < -0.3 is 21.7 Å². The third-order valence-electron chi connectivity index (χ3n) is 5.00. The Kier molecular flexibility index (Phi) is 13.0. The second kappa shape index (κ2) is 15.0. The fourth-order valence-corrected chi connectivity index (χ4v) is 3.04. The summed E-state index contributed by atoms with van der Waals surface area (Å²) in [4.78, 5) is 24.2. The van der Waals surface area contributed by atoms with Gasteiger partial charge in [-0.25, -0.2) is 0 Å². The summed E-state index contributed by atoms with van der Waals surface area (Å²) in [5.74, 6) is 0.562. The van der Waals surface area contributed by atoms with E-state index in [1.807, 2.05) is 24.3 Å². The highest BCUT2D eigenvalue weighted by molar-refractivity contribution is 5.94. The molecule has 0 aromatic heterocycles. The summed E-state index contributed by atoms with van der Waals surface area (Å²) in [6.45, 7) is 10.7. The van der Waals surface area contributed by atoms with Gasteiger partial charge in [0.15, 0.2) is 0 Å².